The molecule has 3 aliphatic heterocycles. The quantitative estimate of drug-likeness (QED) is 0.755. The van der Waals surface area contributed by atoms with Crippen LogP contribution in [0.1, 0.15) is 54.8 Å². The molecule has 1 saturated carbocycles. The van der Waals surface area contributed by atoms with Crippen LogP contribution in [0.4, 0.5) is 0 Å². The van der Waals surface area contributed by atoms with Gasteiger partial charge in [-0.3, -0.25) is 9.69 Å². The number of likely N-dealkylation sites (tertiary alicyclic amines) is 1. The number of aromatic nitrogens is 1. The van der Waals surface area contributed by atoms with Gasteiger partial charge in [0.2, 0.25) is 0 Å². The molecule has 1 amide bonds. The molecule has 4 fully saturated rings. The van der Waals surface area contributed by atoms with Crippen molar-refractivity contribution in [2.24, 2.45) is 0 Å². The molecule has 0 aromatic carbocycles. The number of hydrogen-bond donors (Lipinski definition) is 1. The van der Waals surface area contributed by atoms with Crippen LogP contribution >= 0.6 is 0 Å². The largest absolute Gasteiger partial charge is 0.360 e. The number of nitrogens with zero attached hydrogens (tertiary/aromatic N) is 4. The summed E-state index contributed by atoms with van der Waals surface area (Å²) in [6, 6.07) is 2.03. The van der Waals surface area contributed by atoms with Crippen LogP contribution in [0.5, 0.6) is 0 Å². The molecule has 0 bridgehead atoms. The SMILES string of the molecule is C[C@H]1C[C@@H](NC(=O)c2cc(C3CC3)on2)CCN1S(=O)(=O)N1CC2[C@H]1CN2C. The monoisotopic (exact) mass is 409 g/mol. The van der Waals surface area contributed by atoms with Crippen LogP contribution in [0.15, 0.2) is 10.6 Å². The summed E-state index contributed by atoms with van der Waals surface area (Å²) in [4.78, 5) is 14.7. The molecular formula is C18H27N5O4S. The van der Waals surface area contributed by atoms with Gasteiger partial charge in [-0.1, -0.05) is 5.16 Å². The summed E-state index contributed by atoms with van der Waals surface area (Å²) in [7, 11) is -1.40. The molecule has 154 valence electrons. The first-order valence-corrected chi connectivity index (χ1v) is 11.5. The van der Waals surface area contributed by atoms with E-state index in [-0.39, 0.29) is 24.0 Å². The Morgan fingerprint density at radius 3 is 2.61 bits per heavy atom. The Hall–Kier alpha value is -1.49. The van der Waals surface area contributed by atoms with E-state index in [1.807, 2.05) is 14.0 Å². The fraction of sp³-hybridized carbons (Fsp3) is 0.778. The highest BCUT2D eigenvalue weighted by atomic mass is 32.2. The second kappa shape index (κ2) is 6.51. The van der Waals surface area contributed by atoms with Crippen LogP contribution in [0.3, 0.4) is 0 Å². The van der Waals surface area contributed by atoms with E-state index in [1.54, 1.807) is 14.7 Å². The zero-order valence-electron chi connectivity index (χ0n) is 16.2. The van der Waals surface area contributed by atoms with Crippen molar-refractivity contribution in [2.75, 3.05) is 26.7 Å². The average molecular weight is 410 g/mol. The van der Waals surface area contributed by atoms with E-state index < -0.39 is 10.2 Å². The van der Waals surface area contributed by atoms with Crippen LogP contribution in [0, 0.1) is 0 Å². The third kappa shape index (κ3) is 2.97. The van der Waals surface area contributed by atoms with E-state index >= 15 is 0 Å². The molecule has 3 saturated heterocycles. The predicted molar refractivity (Wildman–Crippen MR) is 101 cm³/mol. The van der Waals surface area contributed by atoms with Crippen molar-refractivity contribution >= 4 is 16.1 Å². The minimum Gasteiger partial charge on any atom is -0.360 e. The van der Waals surface area contributed by atoms with Crippen LogP contribution in [-0.4, -0.2) is 83.8 Å². The number of nitrogens with one attached hydrogen (secondary N) is 1. The Kier molecular flexibility index (Phi) is 4.31. The zero-order valence-corrected chi connectivity index (χ0v) is 17.1. The maximum absolute atomic E-state index is 13.0. The van der Waals surface area contributed by atoms with Crippen molar-refractivity contribution in [2.45, 2.75) is 62.7 Å². The lowest BCUT2D eigenvalue weighted by molar-refractivity contribution is -0.0654. The van der Waals surface area contributed by atoms with Gasteiger partial charge >= 0.3 is 0 Å². The van der Waals surface area contributed by atoms with E-state index in [4.69, 9.17) is 4.52 Å². The Labute approximate surface area is 165 Å². The number of piperidine rings is 1. The molecule has 10 heteroatoms. The molecule has 9 nitrogen and oxygen atoms in total. The number of fused-ring (bicyclic) bond motifs is 1. The molecule has 1 aromatic heterocycles. The fourth-order valence-corrected chi connectivity index (χ4v) is 6.71. The van der Waals surface area contributed by atoms with Gasteiger partial charge in [0.15, 0.2) is 5.69 Å². The van der Waals surface area contributed by atoms with Crippen molar-refractivity contribution in [3.63, 3.8) is 0 Å². The van der Waals surface area contributed by atoms with Crippen LogP contribution in [-0.2, 0) is 10.2 Å². The standard InChI is InChI=1S/C18H27N5O4S/c1-11-7-13(19-18(24)14-8-17(27-20-14)12-3-4-12)5-6-22(11)28(25,26)23-10-15-16(23)9-21(15)2/h8,11-13,15-16H,3-7,9-10H2,1-2H3,(H,19,24)/t11-,13-,15?,16+/m0/s1. The maximum Gasteiger partial charge on any atom is 0.282 e. The van der Waals surface area contributed by atoms with Gasteiger partial charge in [-0.15, -0.1) is 0 Å². The summed E-state index contributed by atoms with van der Waals surface area (Å²) in [5, 5.41) is 6.88. The number of hydrogen-bond acceptors (Lipinski definition) is 6. The second-order valence-corrected chi connectivity index (χ2v) is 10.5. The lowest BCUT2D eigenvalue weighted by Gasteiger charge is -2.60. The van der Waals surface area contributed by atoms with E-state index in [1.165, 1.54) is 0 Å². The zero-order chi connectivity index (χ0) is 19.6. The Morgan fingerprint density at radius 1 is 1.21 bits per heavy atom. The second-order valence-electron chi connectivity index (χ2n) is 8.70. The number of amides is 1. The molecule has 1 N–H and O–H groups in total. The minimum atomic E-state index is -3.43. The van der Waals surface area contributed by atoms with Gasteiger partial charge in [-0.2, -0.15) is 17.0 Å². The Balaban J connectivity index is 1.18. The Morgan fingerprint density at radius 2 is 2.00 bits per heavy atom. The van der Waals surface area contributed by atoms with Gasteiger partial charge < -0.3 is 9.84 Å². The summed E-state index contributed by atoms with van der Waals surface area (Å²) in [5.41, 5.74) is 0.310. The molecule has 5 rings (SSSR count). The maximum atomic E-state index is 13.0. The molecule has 4 atom stereocenters. The van der Waals surface area contributed by atoms with Crippen LogP contribution < -0.4 is 5.32 Å². The molecule has 28 heavy (non-hydrogen) atoms. The first kappa shape index (κ1) is 18.5. The summed E-state index contributed by atoms with van der Waals surface area (Å²) in [5.74, 6) is 0.959. The number of rotatable bonds is 5. The third-order valence-corrected chi connectivity index (χ3v) is 8.85. The molecule has 4 aliphatic rings. The molecule has 0 radical (unpaired) electrons. The van der Waals surface area contributed by atoms with Crippen molar-refractivity contribution < 1.29 is 17.7 Å². The molecule has 0 spiro atoms. The van der Waals surface area contributed by atoms with Gasteiger partial charge in [0.25, 0.3) is 16.1 Å². The summed E-state index contributed by atoms with van der Waals surface area (Å²) >= 11 is 0. The minimum absolute atomic E-state index is 0.0611. The fourth-order valence-electron chi connectivity index (χ4n) is 4.67. The van der Waals surface area contributed by atoms with E-state index in [0.717, 1.165) is 25.1 Å². The first-order chi connectivity index (χ1) is 13.3. The molecular weight excluding hydrogens is 382 g/mol. The van der Waals surface area contributed by atoms with E-state index in [2.05, 4.69) is 15.4 Å². The van der Waals surface area contributed by atoms with Crippen LogP contribution in [0.2, 0.25) is 0 Å². The lowest BCUT2D eigenvalue weighted by atomic mass is 9.90. The van der Waals surface area contributed by atoms with Gasteiger partial charge in [-0.25, -0.2) is 0 Å². The third-order valence-electron chi connectivity index (χ3n) is 6.71. The van der Waals surface area contributed by atoms with E-state index in [9.17, 15) is 13.2 Å². The first-order valence-electron chi connectivity index (χ1n) is 10.1. The van der Waals surface area contributed by atoms with Crippen molar-refractivity contribution in [3.05, 3.63) is 17.5 Å². The highest BCUT2D eigenvalue weighted by Crippen LogP contribution is 2.40. The van der Waals surface area contributed by atoms with Gasteiger partial charge in [0, 0.05) is 49.7 Å². The van der Waals surface area contributed by atoms with Crippen LogP contribution in [0.25, 0.3) is 0 Å². The van der Waals surface area contributed by atoms with Gasteiger partial charge in [-0.05, 0) is 39.7 Å². The van der Waals surface area contributed by atoms with E-state index in [0.29, 0.717) is 43.6 Å². The van der Waals surface area contributed by atoms with Gasteiger partial charge in [0.05, 0.1) is 6.04 Å². The number of piperazine rings is 1. The normalized spacial score (nSPS) is 34.4. The molecule has 1 aliphatic carbocycles. The topological polar surface area (TPSA) is 99.0 Å². The number of likely N-dealkylation sites (N-methyl/N-ethyl adjacent to an activating group) is 1. The smallest absolute Gasteiger partial charge is 0.282 e. The van der Waals surface area contributed by atoms with Crippen molar-refractivity contribution in [1.29, 1.82) is 0 Å². The number of carbonyl (C=O) groups excluding carboxylic acids is 1. The molecule has 1 unspecified atom stereocenters. The summed E-state index contributed by atoms with van der Waals surface area (Å²) in [6.07, 6.45) is 3.38. The summed E-state index contributed by atoms with van der Waals surface area (Å²) in [6.45, 7) is 3.74. The molecule has 4 heterocycles. The summed E-state index contributed by atoms with van der Waals surface area (Å²) < 4.78 is 34.5. The number of carbonyl (C=O) groups is 1. The lowest BCUT2D eigenvalue weighted by Crippen LogP contribution is -2.79. The molecule has 1 aromatic rings. The highest BCUT2D eigenvalue weighted by molar-refractivity contribution is 7.86. The predicted octanol–water partition coefficient (Wildman–Crippen LogP) is 0.378. The average Bonchev–Trinajstić information content (AvgIpc) is 3.35. The highest BCUT2D eigenvalue weighted by Gasteiger charge is 2.56. The van der Waals surface area contributed by atoms with Gasteiger partial charge in [0.1, 0.15) is 5.76 Å². The van der Waals surface area contributed by atoms with Crippen molar-refractivity contribution in [3.8, 4) is 0 Å². The van der Waals surface area contributed by atoms with Crippen molar-refractivity contribution in [1.82, 2.24) is 24.0 Å². The Bertz CT molecular complexity index is 882.